The second-order valence-electron chi connectivity index (χ2n) is 4.53. The molecule has 0 saturated carbocycles. The van der Waals surface area contributed by atoms with Gasteiger partial charge in [-0.25, -0.2) is 4.98 Å². The van der Waals surface area contributed by atoms with E-state index < -0.39 is 0 Å². The van der Waals surface area contributed by atoms with Crippen molar-refractivity contribution in [2.24, 2.45) is 0 Å². The maximum Gasteiger partial charge on any atom is 0.107 e. The summed E-state index contributed by atoms with van der Waals surface area (Å²) in [5.74, 6) is 2.48. The van der Waals surface area contributed by atoms with Gasteiger partial charge in [0.1, 0.15) is 5.01 Å². The van der Waals surface area contributed by atoms with Crippen molar-refractivity contribution in [3.05, 3.63) is 34.7 Å². The molecule has 2 unspecified atom stereocenters. The van der Waals surface area contributed by atoms with E-state index in [4.69, 9.17) is 10.7 Å². The van der Waals surface area contributed by atoms with Crippen molar-refractivity contribution in [3.63, 3.8) is 0 Å². The van der Waals surface area contributed by atoms with Crippen molar-refractivity contribution >= 4 is 40.5 Å². The molecule has 100 valence electrons. The minimum Gasteiger partial charge on any atom is -0.398 e. The first kappa shape index (κ1) is 13.3. The van der Waals surface area contributed by atoms with Crippen LogP contribution in [0.3, 0.4) is 0 Å². The second-order valence-corrected chi connectivity index (χ2v) is 8.15. The number of nitrogen functional groups attached to an aromatic ring is 1. The Morgan fingerprint density at radius 2 is 2.00 bits per heavy atom. The summed E-state index contributed by atoms with van der Waals surface area (Å²) in [7, 11) is 0. The third-order valence-electron chi connectivity index (χ3n) is 3.19. The van der Waals surface area contributed by atoms with Crippen LogP contribution in [0.1, 0.15) is 17.2 Å². The van der Waals surface area contributed by atoms with Crippen molar-refractivity contribution < 1.29 is 0 Å². The molecule has 19 heavy (non-hydrogen) atoms. The lowest BCUT2D eigenvalue weighted by Gasteiger charge is -2.25. The van der Waals surface area contributed by atoms with Gasteiger partial charge in [-0.3, -0.25) is 0 Å². The summed E-state index contributed by atoms with van der Waals surface area (Å²) >= 11 is 5.85. The van der Waals surface area contributed by atoms with E-state index in [2.05, 4.69) is 24.1 Å². The Bertz CT molecular complexity index is 567. The molecule has 0 amide bonds. The van der Waals surface area contributed by atoms with Crippen LogP contribution in [0.4, 0.5) is 5.69 Å². The largest absolute Gasteiger partial charge is 0.398 e. The van der Waals surface area contributed by atoms with Crippen LogP contribution in [0, 0.1) is 0 Å². The molecule has 2 nitrogen and oxygen atoms in total. The smallest absolute Gasteiger partial charge is 0.107 e. The van der Waals surface area contributed by atoms with Gasteiger partial charge in [-0.2, -0.15) is 11.8 Å². The summed E-state index contributed by atoms with van der Waals surface area (Å²) < 4.78 is 0. The first-order chi connectivity index (χ1) is 9.25. The Labute approximate surface area is 126 Å². The molecule has 1 fully saturated rings. The van der Waals surface area contributed by atoms with Crippen LogP contribution in [-0.2, 0) is 0 Å². The van der Waals surface area contributed by atoms with Gasteiger partial charge in [-0.1, -0.05) is 25.1 Å². The third kappa shape index (κ3) is 2.78. The number of nitrogens with two attached hydrogens (primary N) is 1. The molecular formula is C14H16N2S3. The molecule has 1 aliphatic rings. The number of hydrogen-bond acceptors (Lipinski definition) is 5. The van der Waals surface area contributed by atoms with Crippen molar-refractivity contribution in [1.82, 2.24) is 4.98 Å². The van der Waals surface area contributed by atoms with Gasteiger partial charge in [0.25, 0.3) is 0 Å². The van der Waals surface area contributed by atoms with E-state index in [0.29, 0.717) is 10.5 Å². The van der Waals surface area contributed by atoms with Crippen molar-refractivity contribution in [2.45, 2.75) is 17.4 Å². The molecule has 0 aliphatic carbocycles. The maximum absolute atomic E-state index is 6.02. The van der Waals surface area contributed by atoms with Crippen LogP contribution in [0.2, 0.25) is 0 Å². The summed E-state index contributed by atoms with van der Waals surface area (Å²) in [5, 5.41) is 4.55. The minimum absolute atomic E-state index is 0.530. The number of rotatable bonds is 2. The van der Waals surface area contributed by atoms with Crippen molar-refractivity contribution in [3.8, 4) is 11.3 Å². The molecule has 1 aliphatic heterocycles. The summed E-state index contributed by atoms with van der Waals surface area (Å²) in [4.78, 5) is 4.82. The molecule has 0 spiro atoms. The van der Waals surface area contributed by atoms with Crippen LogP contribution in [0.5, 0.6) is 0 Å². The Morgan fingerprint density at radius 3 is 2.79 bits per heavy atom. The molecule has 2 aromatic rings. The minimum atomic E-state index is 0.530. The number of aromatic nitrogens is 1. The van der Waals surface area contributed by atoms with Gasteiger partial charge in [0.05, 0.1) is 10.9 Å². The second kappa shape index (κ2) is 5.77. The fraction of sp³-hybridized carbons (Fsp3) is 0.357. The molecule has 2 heterocycles. The predicted octanol–water partition coefficient (Wildman–Crippen LogP) is 4.30. The monoisotopic (exact) mass is 308 g/mol. The van der Waals surface area contributed by atoms with Gasteiger partial charge < -0.3 is 5.73 Å². The molecular weight excluding hydrogens is 292 g/mol. The molecule has 1 aromatic carbocycles. The predicted molar refractivity (Wildman–Crippen MR) is 89.1 cm³/mol. The van der Waals surface area contributed by atoms with Crippen LogP contribution in [-0.4, -0.2) is 21.7 Å². The lowest BCUT2D eigenvalue weighted by Crippen LogP contribution is -2.15. The van der Waals surface area contributed by atoms with Crippen LogP contribution < -0.4 is 5.73 Å². The average molecular weight is 308 g/mol. The third-order valence-corrected chi connectivity index (χ3v) is 7.37. The lowest BCUT2D eigenvalue weighted by molar-refractivity contribution is 0.896. The molecule has 0 radical (unpaired) electrons. The van der Waals surface area contributed by atoms with Gasteiger partial charge in [-0.15, -0.1) is 23.1 Å². The number of nitrogens with zero attached hydrogens (tertiary/aromatic N) is 1. The number of thioether (sulfide) groups is 2. The van der Waals surface area contributed by atoms with Gasteiger partial charge in [0.15, 0.2) is 0 Å². The van der Waals surface area contributed by atoms with E-state index in [9.17, 15) is 0 Å². The fourth-order valence-corrected chi connectivity index (χ4v) is 6.17. The summed E-state index contributed by atoms with van der Waals surface area (Å²) in [6, 6.07) is 7.95. The van der Waals surface area contributed by atoms with E-state index in [1.807, 2.05) is 36.0 Å². The molecule has 1 aromatic heterocycles. The highest BCUT2D eigenvalue weighted by Gasteiger charge is 2.26. The van der Waals surface area contributed by atoms with Crippen molar-refractivity contribution in [2.75, 3.05) is 17.2 Å². The highest BCUT2D eigenvalue weighted by molar-refractivity contribution is 8.06. The Kier molecular flexibility index (Phi) is 4.05. The van der Waals surface area contributed by atoms with E-state index in [1.165, 1.54) is 16.5 Å². The highest BCUT2D eigenvalue weighted by Crippen LogP contribution is 2.44. The van der Waals surface area contributed by atoms with E-state index in [0.717, 1.165) is 16.9 Å². The Morgan fingerprint density at radius 1 is 1.21 bits per heavy atom. The standard InChI is InChI=1S/C14H16N2S3/c1-9-13(18-7-6-17-9)14-16-12(8-19-14)10-4-2-3-5-11(10)15/h2-5,8-9,13H,6-7,15H2,1H3. The van der Waals surface area contributed by atoms with Crippen LogP contribution >= 0.6 is 34.9 Å². The van der Waals surface area contributed by atoms with Crippen molar-refractivity contribution in [1.29, 1.82) is 0 Å². The summed E-state index contributed by atoms with van der Waals surface area (Å²) in [6.07, 6.45) is 0. The van der Waals surface area contributed by atoms with Gasteiger partial charge in [0, 0.05) is 33.4 Å². The SMILES string of the molecule is CC1SCCSC1c1nc(-c2ccccc2N)cs1. The fourth-order valence-electron chi connectivity index (χ4n) is 2.18. The number of anilines is 1. The topological polar surface area (TPSA) is 38.9 Å². The van der Waals surface area contributed by atoms with Gasteiger partial charge in [-0.05, 0) is 6.07 Å². The van der Waals surface area contributed by atoms with Crippen LogP contribution in [0.15, 0.2) is 29.6 Å². The molecule has 2 atom stereocenters. The Balaban J connectivity index is 1.89. The first-order valence-corrected chi connectivity index (χ1v) is 9.27. The zero-order chi connectivity index (χ0) is 13.2. The summed E-state index contributed by atoms with van der Waals surface area (Å²) in [6.45, 7) is 2.31. The van der Waals surface area contributed by atoms with E-state index in [1.54, 1.807) is 11.3 Å². The number of thiazole rings is 1. The van der Waals surface area contributed by atoms with E-state index in [-0.39, 0.29) is 0 Å². The quantitative estimate of drug-likeness (QED) is 0.840. The highest BCUT2D eigenvalue weighted by atomic mass is 32.2. The zero-order valence-corrected chi connectivity index (χ0v) is 13.2. The van der Waals surface area contributed by atoms with Crippen LogP contribution in [0.25, 0.3) is 11.3 Å². The molecule has 2 N–H and O–H groups in total. The number of hydrogen-bond donors (Lipinski definition) is 1. The number of para-hydroxylation sites is 1. The zero-order valence-electron chi connectivity index (χ0n) is 10.7. The van der Waals surface area contributed by atoms with Gasteiger partial charge >= 0.3 is 0 Å². The lowest BCUT2D eigenvalue weighted by atomic mass is 10.1. The maximum atomic E-state index is 6.02. The molecule has 3 rings (SSSR count). The number of benzene rings is 1. The van der Waals surface area contributed by atoms with Gasteiger partial charge in [0.2, 0.25) is 0 Å². The molecule has 1 saturated heterocycles. The first-order valence-electron chi connectivity index (χ1n) is 6.29. The average Bonchev–Trinajstić information content (AvgIpc) is 2.89. The van der Waals surface area contributed by atoms with E-state index >= 15 is 0 Å². The Hall–Kier alpha value is -0.650. The molecule has 5 heteroatoms. The summed E-state index contributed by atoms with van der Waals surface area (Å²) in [5.41, 5.74) is 8.89. The molecule has 0 bridgehead atoms. The normalized spacial score (nSPS) is 23.4.